The number of carbonyl (C=O) groups is 1. The second-order valence-electron chi connectivity index (χ2n) is 5.36. The van der Waals surface area contributed by atoms with Crippen LogP contribution in [-0.4, -0.2) is 10.8 Å². The Bertz CT molecular complexity index is 690. The van der Waals surface area contributed by atoms with E-state index < -0.39 is 0 Å². The summed E-state index contributed by atoms with van der Waals surface area (Å²) in [7, 11) is 0. The van der Waals surface area contributed by atoms with Gasteiger partial charge in [-0.3, -0.25) is 4.79 Å². The van der Waals surface area contributed by atoms with E-state index in [9.17, 15) is 4.79 Å². The molecule has 2 atom stereocenters. The number of nitrogens with zero attached hydrogens (tertiary/aromatic N) is 1. The summed E-state index contributed by atoms with van der Waals surface area (Å²) in [5.41, 5.74) is 3.69. The summed E-state index contributed by atoms with van der Waals surface area (Å²) in [5.74, 6) is 0.241. The highest BCUT2D eigenvalue weighted by Gasteiger charge is 2.42. The summed E-state index contributed by atoms with van der Waals surface area (Å²) in [5, 5.41) is 0. The van der Waals surface area contributed by atoms with E-state index in [0.717, 1.165) is 0 Å². The highest BCUT2D eigenvalue weighted by molar-refractivity contribution is 5.85. The van der Waals surface area contributed by atoms with Gasteiger partial charge >= 0.3 is 0 Å². The third-order valence-electron chi connectivity index (χ3n) is 4.25. The smallest absolute Gasteiger partial charge is 0.226 e. The lowest BCUT2D eigenvalue weighted by molar-refractivity contribution is -0.149. The van der Waals surface area contributed by atoms with Gasteiger partial charge in [-0.25, -0.2) is 0 Å². The van der Waals surface area contributed by atoms with E-state index in [1.54, 1.807) is 0 Å². The predicted octanol–water partition coefficient (Wildman–Crippen LogP) is 3.73. The molecule has 20 heavy (non-hydrogen) atoms. The summed E-state index contributed by atoms with van der Waals surface area (Å²) in [6, 6.07) is 18.9. The zero-order valence-electron chi connectivity index (χ0n) is 11.1. The Balaban J connectivity index is 1.69. The first-order valence-corrected chi connectivity index (χ1v) is 6.98. The highest BCUT2D eigenvalue weighted by Crippen LogP contribution is 2.44. The van der Waals surface area contributed by atoms with E-state index >= 15 is 0 Å². The van der Waals surface area contributed by atoms with Crippen molar-refractivity contribution in [1.29, 1.82) is 0 Å². The molecule has 1 aliphatic carbocycles. The first-order chi connectivity index (χ1) is 9.84. The van der Waals surface area contributed by atoms with Crippen LogP contribution in [0.1, 0.15) is 35.2 Å². The molecule has 1 aliphatic heterocycles. The molecule has 0 radical (unpaired) electrons. The first-order valence-electron chi connectivity index (χ1n) is 6.98. The maximum absolute atomic E-state index is 12.1. The minimum Gasteiger partial charge on any atom is -0.324 e. The van der Waals surface area contributed by atoms with Crippen LogP contribution in [0.5, 0.6) is 0 Å². The van der Waals surface area contributed by atoms with Gasteiger partial charge in [0.25, 0.3) is 0 Å². The van der Waals surface area contributed by atoms with Gasteiger partial charge in [-0.2, -0.15) is 0 Å². The number of β-lactam (4-membered cyclic amide) rings is 1. The number of benzene rings is 2. The number of hydrogen-bond acceptors (Lipinski definition) is 1. The molecule has 1 amide bonds. The van der Waals surface area contributed by atoms with Crippen LogP contribution < -0.4 is 0 Å². The molecule has 2 aromatic rings. The van der Waals surface area contributed by atoms with Crippen molar-refractivity contribution < 1.29 is 4.79 Å². The molecule has 2 aromatic carbocycles. The van der Waals surface area contributed by atoms with Gasteiger partial charge in [-0.05, 0) is 16.7 Å². The molecule has 2 aliphatic rings. The van der Waals surface area contributed by atoms with E-state index in [-0.39, 0.29) is 18.0 Å². The van der Waals surface area contributed by atoms with Gasteiger partial charge in [0, 0.05) is 0 Å². The van der Waals surface area contributed by atoms with Gasteiger partial charge in [0.05, 0.1) is 18.5 Å². The zero-order valence-corrected chi connectivity index (χ0v) is 11.1. The third-order valence-corrected chi connectivity index (χ3v) is 4.25. The Morgan fingerprint density at radius 3 is 2.50 bits per heavy atom. The Morgan fingerprint density at radius 2 is 1.70 bits per heavy atom. The van der Waals surface area contributed by atoms with Crippen molar-refractivity contribution >= 4 is 12.0 Å². The minimum atomic E-state index is 0.0951. The van der Waals surface area contributed by atoms with Crippen LogP contribution in [0.2, 0.25) is 0 Å². The van der Waals surface area contributed by atoms with E-state index in [2.05, 4.69) is 36.4 Å². The molecule has 1 fully saturated rings. The van der Waals surface area contributed by atoms with Crippen molar-refractivity contribution in [3.8, 4) is 0 Å². The van der Waals surface area contributed by atoms with E-state index in [1.807, 2.05) is 35.2 Å². The quantitative estimate of drug-likeness (QED) is 0.754. The van der Waals surface area contributed by atoms with Crippen molar-refractivity contribution in [2.75, 3.05) is 0 Å². The predicted molar refractivity (Wildman–Crippen MR) is 78.9 cm³/mol. The topological polar surface area (TPSA) is 20.3 Å². The Morgan fingerprint density at radius 1 is 0.950 bits per heavy atom. The minimum absolute atomic E-state index is 0.0951. The highest BCUT2D eigenvalue weighted by atomic mass is 16.2. The normalized spacial score (nSPS) is 23.6. The van der Waals surface area contributed by atoms with E-state index in [1.165, 1.54) is 16.7 Å². The van der Waals surface area contributed by atoms with Crippen LogP contribution in [0.15, 0.2) is 60.7 Å². The molecular formula is C18H15NO. The molecule has 0 spiro atoms. The number of likely N-dealkylation sites (tertiary alicyclic amines) is 1. The van der Waals surface area contributed by atoms with Crippen molar-refractivity contribution in [1.82, 2.24) is 4.90 Å². The fraction of sp³-hybridized carbons (Fsp3) is 0.167. The van der Waals surface area contributed by atoms with Gasteiger partial charge in [-0.15, -0.1) is 0 Å². The van der Waals surface area contributed by atoms with E-state index in [0.29, 0.717) is 6.42 Å². The lowest BCUT2D eigenvalue weighted by Gasteiger charge is -2.44. The summed E-state index contributed by atoms with van der Waals surface area (Å²) in [6.07, 6.45) is 4.88. The number of carbonyl (C=O) groups excluding carboxylic acids is 1. The molecule has 2 heteroatoms. The van der Waals surface area contributed by atoms with Crippen molar-refractivity contribution in [2.45, 2.75) is 18.5 Å². The zero-order chi connectivity index (χ0) is 13.5. The van der Waals surface area contributed by atoms with Crippen molar-refractivity contribution in [2.24, 2.45) is 0 Å². The fourth-order valence-corrected chi connectivity index (χ4v) is 3.21. The summed E-state index contributed by atoms with van der Waals surface area (Å²) in [4.78, 5) is 14.1. The average molecular weight is 261 g/mol. The molecule has 2 nitrogen and oxygen atoms in total. The molecule has 2 unspecified atom stereocenters. The molecule has 1 saturated heterocycles. The van der Waals surface area contributed by atoms with E-state index in [4.69, 9.17) is 0 Å². The lowest BCUT2D eigenvalue weighted by atomic mass is 9.90. The maximum Gasteiger partial charge on any atom is 0.226 e. The molecule has 0 aromatic heterocycles. The monoisotopic (exact) mass is 261 g/mol. The number of rotatable bonds is 2. The maximum atomic E-state index is 12.1. The van der Waals surface area contributed by atoms with Crippen LogP contribution in [0.4, 0.5) is 0 Å². The molecule has 98 valence electrons. The summed E-state index contributed by atoms with van der Waals surface area (Å²) < 4.78 is 0. The fourth-order valence-electron chi connectivity index (χ4n) is 3.21. The second kappa shape index (κ2) is 4.34. The largest absolute Gasteiger partial charge is 0.324 e. The van der Waals surface area contributed by atoms with Crippen LogP contribution >= 0.6 is 0 Å². The van der Waals surface area contributed by atoms with Crippen LogP contribution in [0, 0.1) is 0 Å². The van der Waals surface area contributed by atoms with Crippen molar-refractivity contribution in [3.05, 3.63) is 77.4 Å². The third kappa shape index (κ3) is 1.61. The Hall–Kier alpha value is -2.35. The molecule has 4 rings (SSSR count). The van der Waals surface area contributed by atoms with Gasteiger partial charge in [0.2, 0.25) is 5.91 Å². The van der Waals surface area contributed by atoms with Gasteiger partial charge < -0.3 is 4.90 Å². The lowest BCUT2D eigenvalue weighted by Crippen LogP contribution is -2.47. The number of fused-ring (bicyclic) bond motifs is 1. The van der Waals surface area contributed by atoms with Crippen molar-refractivity contribution in [3.63, 3.8) is 0 Å². The molecule has 1 heterocycles. The van der Waals surface area contributed by atoms with Gasteiger partial charge in [0.1, 0.15) is 0 Å². The second-order valence-corrected chi connectivity index (χ2v) is 5.36. The summed E-state index contributed by atoms with van der Waals surface area (Å²) >= 11 is 0. The number of amides is 1. The van der Waals surface area contributed by atoms with Gasteiger partial charge in [-0.1, -0.05) is 66.7 Å². The molecule has 0 N–H and O–H groups in total. The molecular weight excluding hydrogens is 246 g/mol. The van der Waals surface area contributed by atoms with Gasteiger partial charge in [0.15, 0.2) is 0 Å². The summed E-state index contributed by atoms with van der Waals surface area (Å²) in [6.45, 7) is 0. The Labute approximate surface area is 118 Å². The van der Waals surface area contributed by atoms with Crippen LogP contribution in [-0.2, 0) is 4.79 Å². The van der Waals surface area contributed by atoms with Crippen LogP contribution in [0.25, 0.3) is 6.08 Å². The molecule has 0 saturated carbocycles. The Kier molecular flexibility index (Phi) is 2.49. The van der Waals surface area contributed by atoms with Crippen LogP contribution in [0.3, 0.4) is 0 Å². The average Bonchev–Trinajstić information content (AvgIpc) is 2.89. The first kappa shape index (κ1) is 11.5. The molecule has 0 bridgehead atoms. The SMILES string of the molecule is O=C1CC(c2ccccc2)N1C1C=Cc2ccccc21. The standard InChI is InChI=1S/C18H15NO/c20-18-12-17(14-7-2-1-3-8-14)19(18)16-11-10-13-6-4-5-9-15(13)16/h1-11,16-17H,12H2. The number of hydrogen-bond donors (Lipinski definition) is 0.